The predicted molar refractivity (Wildman–Crippen MR) is 321 cm³/mol. The molecule has 82 heavy (non-hydrogen) atoms. The fourth-order valence-electron chi connectivity index (χ4n) is 9.77. The van der Waals surface area contributed by atoms with Crippen LogP contribution in [0.3, 0.4) is 0 Å². The number of ether oxygens (including phenoxy) is 4. The quantitative estimate of drug-likeness (QED) is 0.0714. The number of phenolic OH excluding ortho intramolecular Hbond substituents is 2. The highest BCUT2D eigenvalue weighted by Gasteiger charge is 2.31. The Bertz CT molecular complexity index is 3330. The minimum Gasteiger partial charge on any atom is -0.508 e. The first-order chi connectivity index (χ1) is 38.2. The molecule has 6 aromatic carbocycles. The molecule has 0 fully saturated rings. The Morgan fingerprint density at radius 2 is 0.622 bits per heavy atom. The van der Waals surface area contributed by atoms with E-state index in [0.717, 1.165) is 68.8 Å². The van der Waals surface area contributed by atoms with Crippen molar-refractivity contribution in [1.29, 1.82) is 0 Å². The standard InChI is InChI=1S/C66H82N2O12S2/c1-15-25-77-59-41-27-42-32-50(64(6,7)8)34-44(60(42)78-26-16-2)29-46-36-52(66(12,13)14)38-48(62(46)80-40-58(72)68-82(75,76)56-23-19-54(70)20-24-56)30-47-37-51(65(9,10)11)35-45(28-43(59)33-49(31-41)63(3,4)5)61(47)79-39-57(71)67-81(73,74)55-21-17-53(69)18-22-55/h17-24,31-38,69-70H,15-16,25-30,39-40H2,1-14H3,(H,67,71)(H,68,72). The minimum absolute atomic E-state index is 0.0955. The monoisotopic (exact) mass is 1160 g/mol. The topological polar surface area (TPSA) is 204 Å². The molecule has 0 spiro atoms. The van der Waals surface area contributed by atoms with Gasteiger partial charge in [0, 0.05) is 25.7 Å². The van der Waals surface area contributed by atoms with E-state index in [-0.39, 0.29) is 51.4 Å². The van der Waals surface area contributed by atoms with E-state index in [4.69, 9.17) is 18.9 Å². The average Bonchev–Trinajstić information content (AvgIpc) is 2.25. The van der Waals surface area contributed by atoms with E-state index in [2.05, 4.69) is 143 Å². The van der Waals surface area contributed by atoms with Gasteiger partial charge in [-0.25, -0.2) is 26.3 Å². The number of sulfonamides is 2. The lowest BCUT2D eigenvalue weighted by atomic mass is 9.79. The van der Waals surface area contributed by atoms with Crippen molar-refractivity contribution in [2.45, 2.75) is 167 Å². The summed E-state index contributed by atoms with van der Waals surface area (Å²) in [6.45, 7) is 29.3. The number of benzene rings is 6. The van der Waals surface area contributed by atoms with E-state index in [9.17, 15) is 36.6 Å². The van der Waals surface area contributed by atoms with Crippen LogP contribution in [0, 0.1) is 0 Å². The molecule has 8 bridgehead atoms. The largest absolute Gasteiger partial charge is 0.508 e. The van der Waals surface area contributed by atoms with Gasteiger partial charge in [0.05, 0.1) is 23.0 Å². The molecule has 0 aromatic heterocycles. The summed E-state index contributed by atoms with van der Waals surface area (Å²) in [4.78, 5) is 27.5. The molecule has 0 aliphatic heterocycles. The minimum atomic E-state index is -4.39. The Balaban J connectivity index is 1.55. The molecular weight excluding hydrogens is 1080 g/mol. The maximum atomic E-state index is 14.0. The molecule has 0 heterocycles. The number of hydrogen-bond acceptors (Lipinski definition) is 12. The van der Waals surface area contributed by atoms with E-state index < -0.39 is 55.9 Å². The van der Waals surface area contributed by atoms with Crippen molar-refractivity contribution >= 4 is 31.9 Å². The van der Waals surface area contributed by atoms with Crippen molar-refractivity contribution < 1.29 is 55.6 Å². The zero-order chi connectivity index (χ0) is 60.3. The lowest BCUT2D eigenvalue weighted by Gasteiger charge is -2.29. The molecular formula is C66H82N2O12S2. The number of nitrogens with one attached hydrogen (secondary N) is 2. The van der Waals surface area contributed by atoms with Gasteiger partial charge in [-0.05, 0) is 150 Å². The SMILES string of the molecule is CCCOc1c2cc(C(C)(C)C)cc1Cc1cc(C(C)(C)C)cc(c1OCC(=O)NS(=O)(=O)c1ccc(O)cc1)Cc1cc(C(C)(C)C)cc(c1OCC(=O)NS(=O)(=O)c1ccc(O)cc1)Cc1cc(C(C)(C)C)cc(c1OCCC)C2. The van der Waals surface area contributed by atoms with Crippen LogP contribution in [0.1, 0.15) is 177 Å². The second-order valence-corrected chi connectivity index (χ2v) is 28.9. The lowest BCUT2D eigenvalue weighted by molar-refractivity contribution is -0.122. The van der Waals surface area contributed by atoms with Gasteiger partial charge in [0.1, 0.15) is 34.5 Å². The first kappa shape index (κ1) is 62.6. The number of phenols is 2. The van der Waals surface area contributed by atoms with Crippen LogP contribution in [0.5, 0.6) is 34.5 Å². The molecule has 2 amide bonds. The highest BCUT2D eigenvalue weighted by Crippen LogP contribution is 2.45. The summed E-state index contributed by atoms with van der Waals surface area (Å²) in [5.74, 6) is -0.0797. The molecule has 0 atom stereocenters. The van der Waals surface area contributed by atoms with Gasteiger partial charge in [-0.1, -0.05) is 145 Å². The molecule has 0 unspecified atom stereocenters. The van der Waals surface area contributed by atoms with Crippen LogP contribution in [-0.2, 0) is 77.0 Å². The van der Waals surface area contributed by atoms with Gasteiger partial charge in [-0.2, -0.15) is 0 Å². The molecule has 1 aliphatic carbocycles. The van der Waals surface area contributed by atoms with Crippen molar-refractivity contribution in [1.82, 2.24) is 9.44 Å². The van der Waals surface area contributed by atoms with Crippen LogP contribution in [-0.4, -0.2) is 65.3 Å². The van der Waals surface area contributed by atoms with Crippen LogP contribution < -0.4 is 28.4 Å². The van der Waals surface area contributed by atoms with Gasteiger partial charge in [0.2, 0.25) is 0 Å². The second-order valence-electron chi connectivity index (χ2n) is 25.5. The fourth-order valence-corrected chi connectivity index (χ4v) is 11.7. The maximum Gasteiger partial charge on any atom is 0.271 e. The predicted octanol–water partition coefficient (Wildman–Crippen LogP) is 12.3. The van der Waals surface area contributed by atoms with Crippen LogP contribution in [0.15, 0.2) is 107 Å². The van der Waals surface area contributed by atoms with E-state index in [0.29, 0.717) is 53.4 Å². The zero-order valence-corrected chi connectivity index (χ0v) is 51.7. The molecule has 0 saturated carbocycles. The van der Waals surface area contributed by atoms with Crippen molar-refractivity contribution in [3.05, 3.63) is 164 Å². The van der Waals surface area contributed by atoms with Gasteiger partial charge in [0.25, 0.3) is 31.9 Å². The Hall–Kier alpha value is -7.04. The smallest absolute Gasteiger partial charge is 0.271 e. The summed E-state index contributed by atoms with van der Waals surface area (Å²) in [5, 5.41) is 19.8. The van der Waals surface area contributed by atoms with Crippen molar-refractivity contribution in [2.24, 2.45) is 0 Å². The highest BCUT2D eigenvalue weighted by molar-refractivity contribution is 7.90. The van der Waals surface area contributed by atoms with E-state index in [1.807, 2.05) is 12.1 Å². The lowest BCUT2D eigenvalue weighted by Crippen LogP contribution is -2.34. The molecule has 6 aromatic rings. The number of fused-ring (bicyclic) bond motifs is 8. The van der Waals surface area contributed by atoms with Crippen LogP contribution in [0.4, 0.5) is 0 Å². The van der Waals surface area contributed by atoms with Crippen LogP contribution in [0.2, 0.25) is 0 Å². The normalized spacial score (nSPS) is 13.2. The van der Waals surface area contributed by atoms with Crippen molar-refractivity contribution in [3.8, 4) is 34.5 Å². The molecule has 16 heteroatoms. The van der Waals surface area contributed by atoms with E-state index in [1.165, 1.54) is 48.5 Å². The molecule has 14 nitrogen and oxygen atoms in total. The third-order valence-corrected chi connectivity index (χ3v) is 17.1. The summed E-state index contributed by atoms with van der Waals surface area (Å²) in [7, 11) is -8.78. The number of amides is 2. The number of carbonyl (C=O) groups excluding carboxylic acids is 2. The molecule has 440 valence electrons. The fraction of sp³-hybridized carbons (Fsp3) is 0.424. The number of rotatable bonds is 16. The summed E-state index contributed by atoms with van der Waals surface area (Å²) in [6, 6.07) is 26.7. The van der Waals surface area contributed by atoms with Crippen molar-refractivity contribution in [2.75, 3.05) is 26.4 Å². The van der Waals surface area contributed by atoms with Crippen LogP contribution >= 0.6 is 0 Å². The maximum absolute atomic E-state index is 14.0. The first-order valence-corrected chi connectivity index (χ1v) is 31.0. The Morgan fingerprint density at radius 3 is 0.829 bits per heavy atom. The molecule has 0 radical (unpaired) electrons. The summed E-state index contributed by atoms with van der Waals surface area (Å²) >= 11 is 0. The van der Waals surface area contributed by atoms with Crippen LogP contribution in [0.25, 0.3) is 0 Å². The highest BCUT2D eigenvalue weighted by atomic mass is 32.2. The summed E-state index contributed by atoms with van der Waals surface area (Å²) < 4.78 is 85.8. The van der Waals surface area contributed by atoms with Crippen molar-refractivity contribution in [3.63, 3.8) is 0 Å². The third-order valence-electron chi connectivity index (χ3n) is 14.3. The number of hydrogen-bond donors (Lipinski definition) is 4. The summed E-state index contributed by atoms with van der Waals surface area (Å²) in [5.41, 5.74) is 8.78. The van der Waals surface area contributed by atoms with Gasteiger partial charge in [-0.3, -0.25) is 9.59 Å². The number of carbonyl (C=O) groups is 2. The molecule has 7 rings (SSSR count). The van der Waals surface area contributed by atoms with Gasteiger partial charge >= 0.3 is 0 Å². The molecule has 4 N–H and O–H groups in total. The Kier molecular flexibility index (Phi) is 18.6. The Morgan fingerprint density at radius 1 is 0.402 bits per heavy atom. The van der Waals surface area contributed by atoms with Gasteiger partial charge < -0.3 is 29.2 Å². The number of aromatic hydroxyl groups is 2. The molecule has 1 aliphatic rings. The Labute approximate surface area is 486 Å². The average molecular weight is 1160 g/mol. The van der Waals surface area contributed by atoms with Gasteiger partial charge in [0.15, 0.2) is 13.2 Å². The third kappa shape index (κ3) is 15.3. The zero-order valence-electron chi connectivity index (χ0n) is 50.1. The summed E-state index contributed by atoms with van der Waals surface area (Å²) in [6.07, 6.45) is 2.51. The first-order valence-electron chi connectivity index (χ1n) is 28.0. The second kappa shape index (κ2) is 24.4. The van der Waals surface area contributed by atoms with E-state index in [1.54, 1.807) is 0 Å². The van der Waals surface area contributed by atoms with Gasteiger partial charge in [-0.15, -0.1) is 0 Å². The van der Waals surface area contributed by atoms with E-state index >= 15 is 0 Å². The molecule has 0 saturated heterocycles.